The van der Waals surface area contributed by atoms with Crippen LogP contribution in [-0.2, 0) is 16.4 Å². The first-order chi connectivity index (χ1) is 11.3. The topological polar surface area (TPSA) is 97.1 Å². The Labute approximate surface area is 142 Å². The molecule has 2 rings (SSSR count). The lowest BCUT2D eigenvalue weighted by Crippen LogP contribution is -2.22. The van der Waals surface area contributed by atoms with Crippen molar-refractivity contribution < 1.29 is 12.9 Å². The molecule has 1 heterocycles. The first kappa shape index (κ1) is 18.6. The predicted octanol–water partition coefficient (Wildman–Crippen LogP) is 1.99. The van der Waals surface area contributed by atoms with Gasteiger partial charge in [0.05, 0.1) is 4.90 Å². The molecule has 0 aliphatic carbocycles. The average molecular weight is 352 g/mol. The molecule has 8 heteroatoms. The lowest BCUT2D eigenvalue weighted by atomic mass is 10.1. The summed E-state index contributed by atoms with van der Waals surface area (Å²) in [4.78, 5) is 4.59. The van der Waals surface area contributed by atoms with Crippen molar-refractivity contribution in [1.82, 2.24) is 20.2 Å². The van der Waals surface area contributed by atoms with Gasteiger partial charge in [-0.15, -0.1) is 0 Å². The third-order valence-electron chi connectivity index (χ3n) is 3.75. The monoisotopic (exact) mass is 352 g/mol. The normalized spacial score (nSPS) is 13.4. The first-order valence-corrected chi connectivity index (χ1v) is 9.41. The molecule has 0 saturated heterocycles. The molecular weight excluding hydrogens is 328 g/mol. The van der Waals surface area contributed by atoms with Crippen LogP contribution >= 0.6 is 0 Å². The van der Waals surface area contributed by atoms with Crippen LogP contribution in [0.2, 0.25) is 0 Å². The summed E-state index contributed by atoms with van der Waals surface area (Å²) in [5, 5.41) is 7.30. The third kappa shape index (κ3) is 4.62. The van der Waals surface area contributed by atoms with Crippen LogP contribution < -0.4 is 10.0 Å². The van der Waals surface area contributed by atoms with Crippen molar-refractivity contribution in [3.05, 3.63) is 41.5 Å². The molecule has 0 radical (unpaired) electrons. The van der Waals surface area contributed by atoms with Gasteiger partial charge in [0.15, 0.2) is 5.82 Å². The Hall–Kier alpha value is -1.77. The van der Waals surface area contributed by atoms with Gasteiger partial charge in [0, 0.05) is 24.9 Å². The number of sulfonamides is 1. The van der Waals surface area contributed by atoms with Gasteiger partial charge in [-0.05, 0) is 31.7 Å². The molecule has 1 unspecified atom stereocenters. The summed E-state index contributed by atoms with van der Waals surface area (Å²) in [6.07, 6.45) is 0.649. The van der Waals surface area contributed by atoms with Crippen LogP contribution in [-0.4, -0.2) is 32.2 Å². The second-order valence-electron chi connectivity index (χ2n) is 5.90. The minimum absolute atomic E-state index is 0.0869. The van der Waals surface area contributed by atoms with E-state index >= 15 is 0 Å². The molecule has 0 spiro atoms. The SMILES string of the molecule is CNS(=O)(=O)c1ccc(C(C)NCCc2nc(C(C)C)no2)cc1. The Bertz CT molecular complexity index is 754. The predicted molar refractivity (Wildman–Crippen MR) is 91.2 cm³/mol. The quantitative estimate of drug-likeness (QED) is 0.754. The van der Waals surface area contributed by atoms with Crippen molar-refractivity contribution in [2.24, 2.45) is 0 Å². The molecule has 1 aromatic heterocycles. The summed E-state index contributed by atoms with van der Waals surface area (Å²) in [7, 11) is -2.00. The zero-order chi connectivity index (χ0) is 17.7. The Balaban J connectivity index is 1.89. The summed E-state index contributed by atoms with van der Waals surface area (Å²) in [5.41, 5.74) is 1.01. The van der Waals surface area contributed by atoms with Crippen LogP contribution in [0.4, 0.5) is 0 Å². The Kier molecular flexibility index (Phi) is 6.09. The molecule has 0 fully saturated rings. The highest BCUT2D eigenvalue weighted by Gasteiger charge is 2.13. The van der Waals surface area contributed by atoms with Crippen molar-refractivity contribution in [3.63, 3.8) is 0 Å². The minimum atomic E-state index is -3.40. The van der Waals surface area contributed by atoms with Gasteiger partial charge in [-0.2, -0.15) is 4.98 Å². The number of nitrogens with one attached hydrogen (secondary N) is 2. The number of hydrogen-bond acceptors (Lipinski definition) is 6. The van der Waals surface area contributed by atoms with Crippen molar-refractivity contribution in [3.8, 4) is 0 Å². The van der Waals surface area contributed by atoms with Crippen molar-refractivity contribution in [2.75, 3.05) is 13.6 Å². The maximum absolute atomic E-state index is 11.7. The zero-order valence-electron chi connectivity index (χ0n) is 14.4. The molecule has 0 saturated carbocycles. The van der Waals surface area contributed by atoms with E-state index in [4.69, 9.17) is 4.52 Å². The fourth-order valence-corrected chi connectivity index (χ4v) is 2.90. The number of benzene rings is 1. The van der Waals surface area contributed by atoms with E-state index in [1.54, 1.807) is 12.1 Å². The number of aromatic nitrogens is 2. The number of nitrogens with zero attached hydrogens (tertiary/aromatic N) is 2. The Morgan fingerprint density at radius 3 is 2.38 bits per heavy atom. The number of hydrogen-bond donors (Lipinski definition) is 2. The van der Waals surface area contributed by atoms with Gasteiger partial charge in [0.25, 0.3) is 0 Å². The van der Waals surface area contributed by atoms with E-state index in [1.165, 1.54) is 7.05 Å². The van der Waals surface area contributed by atoms with Gasteiger partial charge in [0.1, 0.15) is 0 Å². The average Bonchev–Trinajstić information content (AvgIpc) is 3.04. The molecule has 2 N–H and O–H groups in total. The Morgan fingerprint density at radius 1 is 1.17 bits per heavy atom. The van der Waals surface area contributed by atoms with Crippen LogP contribution in [0.3, 0.4) is 0 Å². The zero-order valence-corrected chi connectivity index (χ0v) is 15.2. The van der Waals surface area contributed by atoms with E-state index in [2.05, 4.69) is 20.2 Å². The molecule has 0 aliphatic heterocycles. The van der Waals surface area contributed by atoms with Crippen LogP contribution in [0.25, 0.3) is 0 Å². The summed E-state index contributed by atoms with van der Waals surface area (Å²) >= 11 is 0. The van der Waals surface area contributed by atoms with Gasteiger partial charge >= 0.3 is 0 Å². The maximum Gasteiger partial charge on any atom is 0.240 e. The fourth-order valence-electron chi connectivity index (χ4n) is 2.17. The van der Waals surface area contributed by atoms with Crippen LogP contribution in [0, 0.1) is 0 Å². The maximum atomic E-state index is 11.7. The summed E-state index contributed by atoms with van der Waals surface area (Å²) < 4.78 is 30.9. The van der Waals surface area contributed by atoms with Crippen LogP contribution in [0.1, 0.15) is 50.0 Å². The molecule has 0 aliphatic rings. The standard InChI is InChI=1S/C16H24N4O3S/c1-11(2)16-19-15(23-20-16)9-10-18-12(3)13-5-7-14(8-6-13)24(21,22)17-4/h5-8,11-12,17-18H,9-10H2,1-4H3. The summed E-state index contributed by atoms with van der Waals surface area (Å²) in [6, 6.07) is 6.92. The van der Waals surface area contributed by atoms with Gasteiger partial charge in [0.2, 0.25) is 15.9 Å². The summed E-state index contributed by atoms with van der Waals surface area (Å²) in [6.45, 7) is 6.76. The highest BCUT2D eigenvalue weighted by atomic mass is 32.2. The van der Waals surface area contributed by atoms with Gasteiger partial charge in [-0.1, -0.05) is 31.1 Å². The molecule has 0 bridgehead atoms. The molecule has 24 heavy (non-hydrogen) atoms. The van der Waals surface area contributed by atoms with Crippen molar-refractivity contribution in [2.45, 2.75) is 44.0 Å². The molecule has 1 aromatic carbocycles. The highest BCUT2D eigenvalue weighted by Crippen LogP contribution is 2.16. The second-order valence-corrected chi connectivity index (χ2v) is 7.79. The third-order valence-corrected chi connectivity index (χ3v) is 5.18. The van der Waals surface area contributed by atoms with Gasteiger partial charge in [-0.25, -0.2) is 13.1 Å². The number of rotatable bonds is 8. The van der Waals surface area contributed by atoms with E-state index in [0.29, 0.717) is 18.9 Å². The smallest absolute Gasteiger partial charge is 0.240 e. The van der Waals surface area contributed by atoms with E-state index in [1.807, 2.05) is 32.9 Å². The minimum Gasteiger partial charge on any atom is -0.339 e. The highest BCUT2D eigenvalue weighted by molar-refractivity contribution is 7.89. The van der Waals surface area contributed by atoms with E-state index < -0.39 is 10.0 Å². The van der Waals surface area contributed by atoms with Crippen LogP contribution in [0.15, 0.2) is 33.7 Å². The van der Waals surface area contributed by atoms with E-state index in [9.17, 15) is 8.42 Å². The van der Waals surface area contributed by atoms with E-state index in [0.717, 1.165) is 11.4 Å². The van der Waals surface area contributed by atoms with Crippen molar-refractivity contribution >= 4 is 10.0 Å². The first-order valence-electron chi connectivity index (χ1n) is 7.93. The van der Waals surface area contributed by atoms with Crippen LogP contribution in [0.5, 0.6) is 0 Å². The molecule has 0 amide bonds. The van der Waals surface area contributed by atoms with Crippen molar-refractivity contribution in [1.29, 1.82) is 0 Å². The van der Waals surface area contributed by atoms with Gasteiger partial charge < -0.3 is 9.84 Å². The lowest BCUT2D eigenvalue weighted by Gasteiger charge is -2.14. The molecule has 1 atom stereocenters. The Morgan fingerprint density at radius 2 is 1.83 bits per heavy atom. The summed E-state index contributed by atoms with van der Waals surface area (Å²) in [5.74, 6) is 1.59. The molecule has 132 valence electrons. The molecule has 2 aromatic rings. The molecular formula is C16H24N4O3S. The fraction of sp³-hybridized carbons (Fsp3) is 0.500. The van der Waals surface area contributed by atoms with Gasteiger partial charge in [-0.3, -0.25) is 0 Å². The largest absolute Gasteiger partial charge is 0.339 e. The lowest BCUT2D eigenvalue weighted by molar-refractivity contribution is 0.367. The van der Waals surface area contributed by atoms with E-state index in [-0.39, 0.29) is 16.9 Å². The molecule has 7 nitrogen and oxygen atoms in total. The second kappa shape index (κ2) is 7.87.